The highest BCUT2D eigenvalue weighted by molar-refractivity contribution is 6.34. The molecule has 0 radical (unpaired) electrons. The van der Waals surface area contributed by atoms with Crippen LogP contribution in [0.5, 0.6) is 0 Å². The highest BCUT2D eigenvalue weighted by Gasteiger charge is 2.06. The number of carbonyl (C=O) groups excluding carboxylic acids is 1. The minimum Gasteiger partial charge on any atom is -0.381 e. The van der Waals surface area contributed by atoms with Crippen LogP contribution in [0, 0.1) is 5.82 Å². The standard InChI is InChI=1S/C14H12ClFN2O/c15-13-7-11(4-5-12(13)14(17)19)18-8-9-2-1-3-10(16)6-9/h1-7,18H,8H2,(H2,17,19). The maximum absolute atomic E-state index is 13.0. The van der Waals surface area contributed by atoms with E-state index in [0.29, 0.717) is 6.54 Å². The van der Waals surface area contributed by atoms with Crippen molar-refractivity contribution in [3.63, 3.8) is 0 Å². The zero-order valence-electron chi connectivity index (χ0n) is 9.99. The summed E-state index contributed by atoms with van der Waals surface area (Å²) in [5, 5.41) is 3.38. The summed E-state index contributed by atoms with van der Waals surface area (Å²) in [7, 11) is 0. The Morgan fingerprint density at radius 2 is 2.05 bits per heavy atom. The lowest BCUT2D eigenvalue weighted by Gasteiger charge is -2.08. The minimum atomic E-state index is -0.568. The molecular formula is C14H12ClFN2O. The topological polar surface area (TPSA) is 55.1 Å². The van der Waals surface area contributed by atoms with E-state index in [4.69, 9.17) is 17.3 Å². The van der Waals surface area contributed by atoms with Gasteiger partial charge in [0.05, 0.1) is 10.6 Å². The van der Waals surface area contributed by atoms with Gasteiger partial charge in [0.1, 0.15) is 5.82 Å². The first-order valence-electron chi connectivity index (χ1n) is 5.64. The molecule has 0 atom stereocenters. The Bertz CT molecular complexity index is 616. The third kappa shape index (κ3) is 3.45. The van der Waals surface area contributed by atoms with E-state index >= 15 is 0 Å². The van der Waals surface area contributed by atoms with Gasteiger partial charge >= 0.3 is 0 Å². The predicted molar refractivity (Wildman–Crippen MR) is 73.7 cm³/mol. The number of halogens is 2. The first-order chi connectivity index (χ1) is 9.06. The quantitative estimate of drug-likeness (QED) is 0.902. The number of rotatable bonds is 4. The van der Waals surface area contributed by atoms with E-state index in [9.17, 15) is 9.18 Å². The lowest BCUT2D eigenvalue weighted by Crippen LogP contribution is -2.11. The summed E-state index contributed by atoms with van der Waals surface area (Å²) in [6.07, 6.45) is 0. The lowest BCUT2D eigenvalue weighted by molar-refractivity contribution is 0.100. The number of hydrogen-bond donors (Lipinski definition) is 2. The van der Waals surface area contributed by atoms with Gasteiger partial charge in [-0.3, -0.25) is 4.79 Å². The first-order valence-corrected chi connectivity index (χ1v) is 6.02. The maximum Gasteiger partial charge on any atom is 0.250 e. The summed E-state index contributed by atoms with van der Waals surface area (Å²) < 4.78 is 13.0. The zero-order chi connectivity index (χ0) is 13.8. The Labute approximate surface area is 115 Å². The molecule has 2 rings (SSSR count). The molecule has 0 saturated carbocycles. The van der Waals surface area contributed by atoms with E-state index in [0.717, 1.165) is 11.3 Å². The van der Waals surface area contributed by atoms with Gasteiger partial charge in [0, 0.05) is 12.2 Å². The number of benzene rings is 2. The SMILES string of the molecule is NC(=O)c1ccc(NCc2cccc(F)c2)cc1Cl. The van der Waals surface area contributed by atoms with E-state index in [-0.39, 0.29) is 16.4 Å². The Kier molecular flexibility index (Phi) is 4.02. The van der Waals surface area contributed by atoms with Crippen molar-refractivity contribution in [2.75, 3.05) is 5.32 Å². The lowest BCUT2D eigenvalue weighted by atomic mass is 10.2. The van der Waals surface area contributed by atoms with Crippen LogP contribution in [0.2, 0.25) is 5.02 Å². The predicted octanol–water partition coefficient (Wildman–Crippen LogP) is 3.19. The molecule has 19 heavy (non-hydrogen) atoms. The molecule has 0 spiro atoms. The monoisotopic (exact) mass is 278 g/mol. The molecular weight excluding hydrogens is 267 g/mol. The van der Waals surface area contributed by atoms with E-state index in [1.54, 1.807) is 24.3 Å². The number of amides is 1. The smallest absolute Gasteiger partial charge is 0.250 e. The van der Waals surface area contributed by atoms with Gasteiger partial charge in [0.2, 0.25) is 5.91 Å². The van der Waals surface area contributed by atoms with E-state index in [1.807, 2.05) is 6.07 Å². The van der Waals surface area contributed by atoms with Crippen LogP contribution in [0.1, 0.15) is 15.9 Å². The van der Waals surface area contributed by atoms with Crippen molar-refractivity contribution in [2.45, 2.75) is 6.54 Å². The normalized spacial score (nSPS) is 10.2. The molecule has 98 valence electrons. The largest absolute Gasteiger partial charge is 0.381 e. The number of carbonyl (C=O) groups is 1. The fraction of sp³-hybridized carbons (Fsp3) is 0.0714. The van der Waals surface area contributed by atoms with Crippen LogP contribution in [0.15, 0.2) is 42.5 Å². The average Bonchev–Trinajstić information content (AvgIpc) is 2.36. The van der Waals surface area contributed by atoms with Crippen molar-refractivity contribution >= 4 is 23.2 Å². The summed E-state index contributed by atoms with van der Waals surface area (Å²) in [6, 6.07) is 11.2. The van der Waals surface area contributed by atoms with Crippen LogP contribution in [-0.2, 0) is 6.54 Å². The second-order valence-corrected chi connectivity index (χ2v) is 4.45. The summed E-state index contributed by atoms with van der Waals surface area (Å²) >= 11 is 5.93. The van der Waals surface area contributed by atoms with Crippen molar-refractivity contribution in [2.24, 2.45) is 5.73 Å². The fourth-order valence-corrected chi connectivity index (χ4v) is 1.95. The second-order valence-electron chi connectivity index (χ2n) is 4.04. The zero-order valence-corrected chi connectivity index (χ0v) is 10.7. The highest BCUT2D eigenvalue weighted by Crippen LogP contribution is 2.21. The Morgan fingerprint density at radius 1 is 1.26 bits per heavy atom. The van der Waals surface area contributed by atoms with Crippen LogP contribution >= 0.6 is 11.6 Å². The van der Waals surface area contributed by atoms with Gasteiger partial charge in [0.25, 0.3) is 0 Å². The van der Waals surface area contributed by atoms with Crippen molar-refractivity contribution in [1.29, 1.82) is 0 Å². The third-order valence-corrected chi connectivity index (χ3v) is 2.93. The molecule has 1 amide bonds. The van der Waals surface area contributed by atoms with E-state index in [1.165, 1.54) is 12.1 Å². The molecule has 2 aromatic rings. The van der Waals surface area contributed by atoms with Crippen molar-refractivity contribution in [1.82, 2.24) is 0 Å². The Balaban J connectivity index is 2.08. The van der Waals surface area contributed by atoms with Gasteiger partial charge in [0.15, 0.2) is 0 Å². The molecule has 0 unspecified atom stereocenters. The fourth-order valence-electron chi connectivity index (χ4n) is 1.68. The molecule has 0 fully saturated rings. The average molecular weight is 279 g/mol. The summed E-state index contributed by atoms with van der Waals surface area (Å²) in [6.45, 7) is 0.462. The molecule has 2 aromatic carbocycles. The van der Waals surface area contributed by atoms with Crippen LogP contribution in [0.4, 0.5) is 10.1 Å². The summed E-state index contributed by atoms with van der Waals surface area (Å²) in [5.74, 6) is -0.844. The third-order valence-electron chi connectivity index (χ3n) is 2.62. The van der Waals surface area contributed by atoms with Crippen LogP contribution in [0.25, 0.3) is 0 Å². The molecule has 0 bridgehead atoms. The van der Waals surface area contributed by atoms with Crippen molar-refractivity contribution < 1.29 is 9.18 Å². The van der Waals surface area contributed by atoms with Crippen molar-refractivity contribution in [3.8, 4) is 0 Å². The number of nitrogens with two attached hydrogens (primary N) is 1. The Morgan fingerprint density at radius 3 is 2.68 bits per heavy atom. The first kappa shape index (κ1) is 13.4. The maximum atomic E-state index is 13.0. The molecule has 0 aliphatic heterocycles. The van der Waals surface area contributed by atoms with E-state index < -0.39 is 5.91 Å². The number of anilines is 1. The van der Waals surface area contributed by atoms with Gasteiger partial charge in [-0.2, -0.15) is 0 Å². The molecule has 0 aliphatic carbocycles. The van der Waals surface area contributed by atoms with Gasteiger partial charge in [-0.15, -0.1) is 0 Å². The number of nitrogens with one attached hydrogen (secondary N) is 1. The number of hydrogen-bond acceptors (Lipinski definition) is 2. The molecule has 0 heterocycles. The van der Waals surface area contributed by atoms with Gasteiger partial charge in [-0.05, 0) is 35.9 Å². The molecule has 0 aromatic heterocycles. The van der Waals surface area contributed by atoms with Crippen LogP contribution in [0.3, 0.4) is 0 Å². The highest BCUT2D eigenvalue weighted by atomic mass is 35.5. The van der Waals surface area contributed by atoms with E-state index in [2.05, 4.69) is 5.32 Å². The van der Waals surface area contributed by atoms with Crippen LogP contribution < -0.4 is 11.1 Å². The molecule has 3 N–H and O–H groups in total. The second kappa shape index (κ2) is 5.71. The van der Waals surface area contributed by atoms with Gasteiger partial charge < -0.3 is 11.1 Å². The van der Waals surface area contributed by atoms with Gasteiger partial charge in [-0.25, -0.2) is 4.39 Å². The molecule has 3 nitrogen and oxygen atoms in total. The van der Waals surface area contributed by atoms with Crippen LogP contribution in [-0.4, -0.2) is 5.91 Å². The van der Waals surface area contributed by atoms with Crippen molar-refractivity contribution in [3.05, 3.63) is 64.4 Å². The Hall–Kier alpha value is -2.07. The summed E-state index contributed by atoms with van der Waals surface area (Å²) in [4.78, 5) is 11.0. The molecule has 5 heteroatoms. The number of primary amides is 1. The van der Waals surface area contributed by atoms with Gasteiger partial charge in [-0.1, -0.05) is 23.7 Å². The summed E-state index contributed by atoms with van der Waals surface area (Å²) in [5.41, 5.74) is 6.99. The molecule has 0 aliphatic rings. The minimum absolute atomic E-state index is 0.276. The molecule has 0 saturated heterocycles.